The molecule has 1 aromatic rings. The summed E-state index contributed by atoms with van der Waals surface area (Å²) in [6, 6.07) is 3.17. The molecule has 0 spiro atoms. The highest BCUT2D eigenvalue weighted by Crippen LogP contribution is 2.11. The number of rotatable bonds is 4. The van der Waals surface area contributed by atoms with Crippen molar-refractivity contribution in [3.8, 4) is 0 Å². The number of aromatic nitrogens is 1. The minimum atomic E-state index is -0.409. The second-order valence-electron chi connectivity index (χ2n) is 3.50. The number of pyridine rings is 1. The van der Waals surface area contributed by atoms with Gasteiger partial charge in [-0.1, -0.05) is 13.3 Å². The van der Waals surface area contributed by atoms with Crippen molar-refractivity contribution in [2.24, 2.45) is 5.73 Å². The standard InChI is InChI=1S/C11H17N3O/c1-3-4-10(12)11(15)14(2)9-5-7-13-8-6-9/h5-8,10H,3-4,12H2,1-2H3/t10-/m0/s1. The molecule has 2 N–H and O–H groups in total. The van der Waals surface area contributed by atoms with Crippen LogP contribution in [-0.2, 0) is 4.79 Å². The van der Waals surface area contributed by atoms with Gasteiger partial charge in [-0.3, -0.25) is 9.78 Å². The molecule has 0 fully saturated rings. The number of carbonyl (C=O) groups is 1. The van der Waals surface area contributed by atoms with Crippen LogP contribution >= 0.6 is 0 Å². The Morgan fingerprint density at radius 2 is 2.13 bits per heavy atom. The van der Waals surface area contributed by atoms with Crippen molar-refractivity contribution in [2.75, 3.05) is 11.9 Å². The van der Waals surface area contributed by atoms with Gasteiger partial charge in [0.05, 0.1) is 6.04 Å². The lowest BCUT2D eigenvalue weighted by molar-refractivity contribution is -0.119. The van der Waals surface area contributed by atoms with E-state index in [2.05, 4.69) is 4.98 Å². The summed E-state index contributed by atoms with van der Waals surface area (Å²) in [6.07, 6.45) is 4.94. The van der Waals surface area contributed by atoms with Gasteiger partial charge in [0, 0.05) is 25.1 Å². The van der Waals surface area contributed by atoms with E-state index in [0.29, 0.717) is 6.42 Å². The second-order valence-corrected chi connectivity index (χ2v) is 3.50. The van der Waals surface area contributed by atoms with E-state index >= 15 is 0 Å². The molecule has 1 heterocycles. The topological polar surface area (TPSA) is 59.2 Å². The molecule has 0 radical (unpaired) electrons. The average molecular weight is 207 g/mol. The average Bonchev–Trinajstić information content (AvgIpc) is 2.28. The SMILES string of the molecule is CCC[C@H](N)C(=O)N(C)c1ccncc1. The third kappa shape index (κ3) is 3.02. The van der Waals surface area contributed by atoms with Gasteiger partial charge in [-0.15, -0.1) is 0 Å². The van der Waals surface area contributed by atoms with Crippen molar-refractivity contribution in [3.63, 3.8) is 0 Å². The van der Waals surface area contributed by atoms with Crippen molar-refractivity contribution >= 4 is 11.6 Å². The van der Waals surface area contributed by atoms with E-state index < -0.39 is 6.04 Å². The summed E-state index contributed by atoms with van der Waals surface area (Å²) in [7, 11) is 1.73. The Bertz CT molecular complexity index is 313. The molecule has 4 heteroatoms. The normalized spacial score (nSPS) is 12.2. The zero-order valence-electron chi connectivity index (χ0n) is 9.18. The molecule has 0 saturated heterocycles. The number of likely N-dealkylation sites (N-methyl/N-ethyl adjacent to an activating group) is 1. The first-order valence-corrected chi connectivity index (χ1v) is 5.10. The highest BCUT2D eigenvalue weighted by Gasteiger charge is 2.17. The third-order valence-corrected chi connectivity index (χ3v) is 2.30. The Kier molecular flexibility index (Phi) is 4.24. The predicted octanol–water partition coefficient (Wildman–Crippen LogP) is 1.17. The van der Waals surface area contributed by atoms with E-state index in [1.807, 2.05) is 6.92 Å². The van der Waals surface area contributed by atoms with Crippen LogP contribution in [0, 0.1) is 0 Å². The monoisotopic (exact) mass is 207 g/mol. The van der Waals surface area contributed by atoms with E-state index in [9.17, 15) is 4.79 Å². The van der Waals surface area contributed by atoms with Crippen molar-refractivity contribution in [2.45, 2.75) is 25.8 Å². The number of hydrogen-bond acceptors (Lipinski definition) is 3. The van der Waals surface area contributed by atoms with Crippen LogP contribution in [0.25, 0.3) is 0 Å². The van der Waals surface area contributed by atoms with E-state index in [-0.39, 0.29) is 5.91 Å². The van der Waals surface area contributed by atoms with Crippen LogP contribution in [0.3, 0.4) is 0 Å². The van der Waals surface area contributed by atoms with Gasteiger partial charge >= 0.3 is 0 Å². The summed E-state index contributed by atoms with van der Waals surface area (Å²) < 4.78 is 0. The van der Waals surface area contributed by atoms with Gasteiger partial charge in [0.25, 0.3) is 0 Å². The van der Waals surface area contributed by atoms with E-state index in [1.54, 1.807) is 36.5 Å². The van der Waals surface area contributed by atoms with Gasteiger partial charge in [-0.25, -0.2) is 0 Å². The maximum absolute atomic E-state index is 11.8. The summed E-state index contributed by atoms with van der Waals surface area (Å²) in [6.45, 7) is 2.01. The zero-order valence-corrected chi connectivity index (χ0v) is 9.18. The van der Waals surface area contributed by atoms with Gasteiger partial charge in [-0.2, -0.15) is 0 Å². The summed E-state index contributed by atoms with van der Waals surface area (Å²) >= 11 is 0. The van der Waals surface area contributed by atoms with Crippen molar-refractivity contribution in [1.82, 2.24) is 4.98 Å². The minimum absolute atomic E-state index is 0.0527. The number of hydrogen-bond donors (Lipinski definition) is 1. The lowest BCUT2D eigenvalue weighted by atomic mass is 10.1. The molecule has 1 atom stereocenters. The molecule has 0 bridgehead atoms. The van der Waals surface area contributed by atoms with Gasteiger partial charge < -0.3 is 10.6 Å². The quantitative estimate of drug-likeness (QED) is 0.806. The molecule has 15 heavy (non-hydrogen) atoms. The number of amides is 1. The summed E-state index contributed by atoms with van der Waals surface area (Å²) in [5.74, 6) is -0.0527. The summed E-state index contributed by atoms with van der Waals surface area (Å²) in [5, 5.41) is 0. The zero-order chi connectivity index (χ0) is 11.3. The lowest BCUT2D eigenvalue weighted by Crippen LogP contribution is -2.41. The van der Waals surface area contributed by atoms with Crippen LogP contribution in [0.2, 0.25) is 0 Å². The van der Waals surface area contributed by atoms with Crippen LogP contribution in [0.1, 0.15) is 19.8 Å². The first kappa shape index (κ1) is 11.7. The summed E-state index contributed by atoms with van der Waals surface area (Å²) in [5.41, 5.74) is 6.58. The largest absolute Gasteiger partial charge is 0.320 e. The maximum Gasteiger partial charge on any atom is 0.243 e. The molecule has 1 rings (SSSR count). The highest BCUT2D eigenvalue weighted by atomic mass is 16.2. The number of carbonyl (C=O) groups excluding carboxylic acids is 1. The Morgan fingerprint density at radius 3 is 2.67 bits per heavy atom. The molecule has 0 saturated carbocycles. The molecule has 0 aliphatic rings. The first-order valence-electron chi connectivity index (χ1n) is 5.10. The third-order valence-electron chi connectivity index (χ3n) is 2.30. The Morgan fingerprint density at radius 1 is 1.53 bits per heavy atom. The molecule has 0 aromatic carbocycles. The van der Waals surface area contributed by atoms with E-state index in [4.69, 9.17) is 5.73 Å². The van der Waals surface area contributed by atoms with Crippen LogP contribution in [0.15, 0.2) is 24.5 Å². The Hall–Kier alpha value is -1.42. The van der Waals surface area contributed by atoms with Crippen LogP contribution < -0.4 is 10.6 Å². The Balaban J connectivity index is 2.69. The molecular formula is C11H17N3O. The molecular weight excluding hydrogens is 190 g/mol. The molecule has 1 aromatic heterocycles. The highest BCUT2D eigenvalue weighted by molar-refractivity contribution is 5.96. The fourth-order valence-electron chi connectivity index (χ4n) is 1.38. The molecule has 1 amide bonds. The lowest BCUT2D eigenvalue weighted by Gasteiger charge is -2.20. The minimum Gasteiger partial charge on any atom is -0.320 e. The first-order chi connectivity index (χ1) is 7.16. The van der Waals surface area contributed by atoms with Gasteiger partial charge in [0.15, 0.2) is 0 Å². The summed E-state index contributed by atoms with van der Waals surface area (Å²) in [4.78, 5) is 17.3. The predicted molar refractivity (Wildman–Crippen MR) is 60.5 cm³/mol. The van der Waals surface area contributed by atoms with Crippen LogP contribution in [0.5, 0.6) is 0 Å². The van der Waals surface area contributed by atoms with Gasteiger partial charge in [0.1, 0.15) is 0 Å². The van der Waals surface area contributed by atoms with Crippen molar-refractivity contribution in [3.05, 3.63) is 24.5 Å². The van der Waals surface area contributed by atoms with Gasteiger partial charge in [-0.05, 0) is 18.6 Å². The van der Waals surface area contributed by atoms with Crippen LogP contribution in [-0.4, -0.2) is 24.0 Å². The van der Waals surface area contributed by atoms with E-state index in [0.717, 1.165) is 12.1 Å². The fraction of sp³-hybridized carbons (Fsp3) is 0.455. The van der Waals surface area contributed by atoms with Crippen LogP contribution in [0.4, 0.5) is 5.69 Å². The molecule has 4 nitrogen and oxygen atoms in total. The molecule has 0 unspecified atom stereocenters. The smallest absolute Gasteiger partial charge is 0.243 e. The number of nitrogens with two attached hydrogens (primary N) is 1. The fourth-order valence-corrected chi connectivity index (χ4v) is 1.38. The van der Waals surface area contributed by atoms with Crippen molar-refractivity contribution < 1.29 is 4.79 Å². The number of nitrogens with zero attached hydrogens (tertiary/aromatic N) is 2. The molecule has 0 aliphatic carbocycles. The number of anilines is 1. The Labute approximate surface area is 90.1 Å². The van der Waals surface area contributed by atoms with Gasteiger partial charge in [0.2, 0.25) is 5.91 Å². The molecule has 0 aliphatic heterocycles. The molecule has 82 valence electrons. The van der Waals surface area contributed by atoms with Crippen molar-refractivity contribution in [1.29, 1.82) is 0 Å². The van der Waals surface area contributed by atoms with E-state index in [1.165, 1.54) is 0 Å². The second kappa shape index (κ2) is 5.46. The maximum atomic E-state index is 11.8.